The van der Waals surface area contributed by atoms with Gasteiger partial charge in [0.05, 0.1) is 10.7 Å². The van der Waals surface area contributed by atoms with Crippen molar-refractivity contribution in [3.63, 3.8) is 0 Å². The van der Waals surface area contributed by atoms with Gasteiger partial charge in [-0.05, 0) is 68.0 Å². The smallest absolute Gasteiger partial charge is 0.137 e. The number of imidazole rings is 1. The fraction of sp³-hybridized carbons (Fsp3) is 0.280. The molecule has 1 saturated heterocycles. The van der Waals surface area contributed by atoms with E-state index in [1.54, 1.807) is 0 Å². The van der Waals surface area contributed by atoms with Crippen LogP contribution in [0.3, 0.4) is 0 Å². The summed E-state index contributed by atoms with van der Waals surface area (Å²) in [5.41, 5.74) is 5.15. The second kappa shape index (κ2) is 8.73. The van der Waals surface area contributed by atoms with Crippen molar-refractivity contribution in [3.05, 3.63) is 71.6 Å². The zero-order valence-electron chi connectivity index (χ0n) is 18.7. The molecule has 0 aliphatic carbocycles. The summed E-state index contributed by atoms with van der Waals surface area (Å²) in [5.74, 6) is 1.07. The van der Waals surface area contributed by atoms with Gasteiger partial charge in [-0.25, -0.2) is 9.97 Å². The molecule has 3 aromatic heterocycles. The quantitative estimate of drug-likeness (QED) is 0.397. The molecule has 4 aromatic rings. The van der Waals surface area contributed by atoms with Gasteiger partial charge in [0, 0.05) is 55.5 Å². The summed E-state index contributed by atoms with van der Waals surface area (Å²) in [6.45, 7) is 10.4. The number of aryl methyl sites for hydroxylation is 1. The summed E-state index contributed by atoms with van der Waals surface area (Å²) in [6, 6.07) is 16.7. The lowest BCUT2D eigenvalue weighted by Crippen LogP contribution is -2.46. The molecule has 32 heavy (non-hydrogen) atoms. The van der Waals surface area contributed by atoms with Crippen molar-refractivity contribution in [2.45, 2.75) is 6.92 Å². The van der Waals surface area contributed by atoms with Crippen LogP contribution in [-0.2, 0) is 0 Å². The molecule has 0 unspecified atom stereocenters. The predicted octanol–water partition coefficient (Wildman–Crippen LogP) is 5.05. The van der Waals surface area contributed by atoms with Crippen LogP contribution in [0.1, 0.15) is 5.69 Å². The number of pyridine rings is 2. The molecular formula is C25H27ClN5P. The molecule has 0 bridgehead atoms. The van der Waals surface area contributed by atoms with E-state index in [-0.39, 0.29) is 7.92 Å². The largest absolute Gasteiger partial charge is 0.368 e. The Morgan fingerprint density at radius 1 is 0.938 bits per heavy atom. The molecular weight excluding hydrogens is 437 g/mol. The van der Waals surface area contributed by atoms with Crippen LogP contribution in [0.5, 0.6) is 0 Å². The van der Waals surface area contributed by atoms with E-state index in [9.17, 15) is 0 Å². The van der Waals surface area contributed by atoms with Gasteiger partial charge in [-0.3, -0.25) is 0 Å². The molecule has 164 valence electrons. The van der Waals surface area contributed by atoms with Crippen molar-refractivity contribution in [3.8, 4) is 11.3 Å². The number of hydrogen-bond acceptors (Lipinski definition) is 4. The Kier molecular flexibility index (Phi) is 5.79. The van der Waals surface area contributed by atoms with E-state index < -0.39 is 0 Å². The third-order valence-electron chi connectivity index (χ3n) is 6.19. The highest BCUT2D eigenvalue weighted by atomic mass is 35.5. The van der Waals surface area contributed by atoms with Crippen LogP contribution in [0.4, 0.5) is 11.5 Å². The average molecular weight is 464 g/mol. The molecule has 0 N–H and O–H groups in total. The Morgan fingerprint density at radius 2 is 1.72 bits per heavy atom. The predicted molar refractivity (Wildman–Crippen MR) is 137 cm³/mol. The van der Waals surface area contributed by atoms with Gasteiger partial charge < -0.3 is 14.2 Å². The first kappa shape index (κ1) is 21.2. The van der Waals surface area contributed by atoms with Crippen LogP contribution in [-0.4, -0.2) is 53.9 Å². The lowest BCUT2D eigenvalue weighted by Gasteiger charge is -2.37. The molecule has 0 spiro atoms. The molecule has 5 nitrogen and oxygen atoms in total. The first-order valence-electron chi connectivity index (χ1n) is 10.9. The summed E-state index contributed by atoms with van der Waals surface area (Å²) < 4.78 is 2.11. The Bertz CT molecular complexity index is 1240. The maximum atomic E-state index is 6.62. The standard InChI is InChI=1S/C25H27ClN5P/c1-18-25(28-24-6-4-5-11-31(18)24)21-16-19(7-9-22(21)26)29-12-14-30(15-13-29)23-10-8-20(17-27-23)32(2)3/h4-11,16-17H,12-15H2,1-3H3. The molecule has 1 fully saturated rings. The van der Waals surface area contributed by atoms with Crippen LogP contribution in [0.15, 0.2) is 60.9 Å². The summed E-state index contributed by atoms with van der Waals surface area (Å²) in [7, 11) is -0.104. The fourth-order valence-electron chi connectivity index (χ4n) is 4.29. The lowest BCUT2D eigenvalue weighted by molar-refractivity contribution is 0.648. The third-order valence-corrected chi connectivity index (χ3v) is 7.82. The van der Waals surface area contributed by atoms with Crippen molar-refractivity contribution >= 4 is 42.0 Å². The van der Waals surface area contributed by atoms with Crippen molar-refractivity contribution in [2.24, 2.45) is 0 Å². The number of halogens is 1. The number of piperazine rings is 1. The monoisotopic (exact) mass is 463 g/mol. The number of anilines is 2. The van der Waals surface area contributed by atoms with Crippen molar-refractivity contribution in [2.75, 3.05) is 49.3 Å². The van der Waals surface area contributed by atoms with Gasteiger partial charge in [0.2, 0.25) is 0 Å². The Morgan fingerprint density at radius 3 is 2.41 bits per heavy atom. The lowest BCUT2D eigenvalue weighted by atomic mass is 10.1. The van der Waals surface area contributed by atoms with E-state index in [1.165, 1.54) is 11.0 Å². The van der Waals surface area contributed by atoms with E-state index in [0.717, 1.165) is 59.6 Å². The number of nitrogens with zero attached hydrogens (tertiary/aromatic N) is 5. The summed E-state index contributed by atoms with van der Waals surface area (Å²) >= 11 is 6.62. The minimum Gasteiger partial charge on any atom is -0.368 e. The van der Waals surface area contributed by atoms with E-state index in [1.807, 2.05) is 36.7 Å². The highest BCUT2D eigenvalue weighted by Gasteiger charge is 2.20. The molecule has 0 atom stereocenters. The van der Waals surface area contributed by atoms with Crippen LogP contribution in [0.25, 0.3) is 16.9 Å². The molecule has 1 aliphatic heterocycles. The number of benzene rings is 1. The maximum absolute atomic E-state index is 6.62. The second-order valence-electron chi connectivity index (χ2n) is 8.38. The number of rotatable bonds is 4. The minimum atomic E-state index is -0.104. The van der Waals surface area contributed by atoms with Gasteiger partial charge >= 0.3 is 0 Å². The Balaban J connectivity index is 1.36. The number of fused-ring (bicyclic) bond motifs is 1. The molecule has 0 amide bonds. The van der Waals surface area contributed by atoms with E-state index in [2.05, 4.69) is 58.7 Å². The van der Waals surface area contributed by atoms with Crippen molar-refractivity contribution < 1.29 is 0 Å². The maximum Gasteiger partial charge on any atom is 0.137 e. The second-order valence-corrected chi connectivity index (χ2v) is 11.1. The van der Waals surface area contributed by atoms with Gasteiger partial charge in [-0.15, -0.1) is 0 Å². The minimum absolute atomic E-state index is 0.104. The Hall–Kier alpha value is -2.62. The summed E-state index contributed by atoms with van der Waals surface area (Å²) in [5, 5.41) is 2.08. The molecule has 1 aromatic carbocycles. The van der Waals surface area contributed by atoms with Gasteiger partial charge in [-0.1, -0.05) is 25.6 Å². The fourth-order valence-corrected chi connectivity index (χ4v) is 5.16. The molecule has 4 heterocycles. The van der Waals surface area contributed by atoms with E-state index >= 15 is 0 Å². The third kappa shape index (κ3) is 3.96. The van der Waals surface area contributed by atoms with E-state index in [0.29, 0.717) is 0 Å². The van der Waals surface area contributed by atoms with E-state index in [4.69, 9.17) is 21.6 Å². The van der Waals surface area contributed by atoms with Crippen molar-refractivity contribution in [1.29, 1.82) is 0 Å². The molecule has 7 heteroatoms. The average Bonchev–Trinajstić information content (AvgIpc) is 3.16. The summed E-state index contributed by atoms with van der Waals surface area (Å²) in [6.07, 6.45) is 4.08. The van der Waals surface area contributed by atoms with Crippen LogP contribution < -0.4 is 15.1 Å². The van der Waals surface area contributed by atoms with Gasteiger partial charge in [-0.2, -0.15) is 0 Å². The number of aromatic nitrogens is 3. The SMILES string of the molecule is Cc1c(-c2cc(N3CCN(c4ccc(P(C)C)cn4)CC3)ccc2Cl)nc2ccccn12. The van der Waals surface area contributed by atoms with Gasteiger partial charge in [0.25, 0.3) is 0 Å². The zero-order chi connectivity index (χ0) is 22.2. The Labute approximate surface area is 195 Å². The zero-order valence-corrected chi connectivity index (χ0v) is 20.3. The topological polar surface area (TPSA) is 36.7 Å². The molecule has 0 radical (unpaired) electrons. The number of hydrogen-bond donors (Lipinski definition) is 0. The molecule has 1 aliphatic rings. The van der Waals surface area contributed by atoms with Crippen LogP contribution in [0, 0.1) is 6.92 Å². The van der Waals surface area contributed by atoms with Crippen molar-refractivity contribution in [1.82, 2.24) is 14.4 Å². The first-order valence-corrected chi connectivity index (χ1v) is 13.5. The molecule has 5 rings (SSSR count). The molecule has 0 saturated carbocycles. The normalized spacial score (nSPS) is 14.5. The highest BCUT2D eigenvalue weighted by molar-refractivity contribution is 7.64. The van der Waals surface area contributed by atoms with Crippen LogP contribution >= 0.6 is 19.5 Å². The van der Waals surface area contributed by atoms with Gasteiger partial charge in [0.15, 0.2) is 0 Å². The van der Waals surface area contributed by atoms with Crippen LogP contribution in [0.2, 0.25) is 5.02 Å². The first-order chi connectivity index (χ1) is 15.5. The highest BCUT2D eigenvalue weighted by Crippen LogP contribution is 2.34. The summed E-state index contributed by atoms with van der Waals surface area (Å²) in [4.78, 5) is 14.4. The van der Waals surface area contributed by atoms with Gasteiger partial charge in [0.1, 0.15) is 11.5 Å².